The fourth-order valence-electron chi connectivity index (χ4n) is 5.84. The van der Waals surface area contributed by atoms with Crippen molar-refractivity contribution in [1.82, 2.24) is 10.2 Å². The summed E-state index contributed by atoms with van der Waals surface area (Å²) in [5, 5.41) is 5.98. The van der Waals surface area contributed by atoms with Gasteiger partial charge in [0.05, 0.1) is 6.04 Å². The quantitative estimate of drug-likeness (QED) is 0.311. The molecule has 0 aliphatic carbocycles. The maximum atomic E-state index is 6.54. The second kappa shape index (κ2) is 8.14. The molecule has 3 heteroatoms. The van der Waals surface area contributed by atoms with E-state index in [1.54, 1.807) is 0 Å². The van der Waals surface area contributed by atoms with Crippen molar-refractivity contribution in [2.75, 3.05) is 6.54 Å². The summed E-state index contributed by atoms with van der Waals surface area (Å²) in [5.41, 5.74) is 10.6. The molecule has 182 valence electrons. The summed E-state index contributed by atoms with van der Waals surface area (Å²) in [6.07, 6.45) is 15.6. The van der Waals surface area contributed by atoms with E-state index < -0.39 is 0 Å². The molecule has 3 aliphatic heterocycles. The molecule has 37 heavy (non-hydrogen) atoms. The van der Waals surface area contributed by atoms with Crippen molar-refractivity contribution in [3.05, 3.63) is 131 Å². The highest BCUT2D eigenvalue weighted by molar-refractivity contribution is 6.08. The topological polar surface area (TPSA) is 28.4 Å². The molecule has 1 unspecified atom stereocenters. The Kier molecular flexibility index (Phi) is 4.84. The van der Waals surface area contributed by atoms with Crippen molar-refractivity contribution in [1.29, 1.82) is 0 Å². The van der Waals surface area contributed by atoms with Crippen LogP contribution in [0.15, 0.2) is 113 Å². The van der Waals surface area contributed by atoms with E-state index in [2.05, 4.69) is 128 Å². The summed E-state index contributed by atoms with van der Waals surface area (Å²) in [6, 6.07) is 21.7. The van der Waals surface area contributed by atoms with Crippen molar-refractivity contribution in [3.8, 4) is 0 Å². The predicted octanol–water partition coefficient (Wildman–Crippen LogP) is 8.33. The van der Waals surface area contributed by atoms with Gasteiger partial charge in [-0.3, -0.25) is 0 Å². The molecule has 3 nitrogen and oxygen atoms in total. The summed E-state index contributed by atoms with van der Waals surface area (Å²) >= 11 is 0. The van der Waals surface area contributed by atoms with Crippen molar-refractivity contribution in [2.24, 2.45) is 5.41 Å². The summed E-state index contributed by atoms with van der Waals surface area (Å²) in [7, 11) is 0. The van der Waals surface area contributed by atoms with Crippen LogP contribution in [0.1, 0.15) is 49.1 Å². The van der Waals surface area contributed by atoms with Gasteiger partial charge in [0.2, 0.25) is 0 Å². The van der Waals surface area contributed by atoms with Gasteiger partial charge < -0.3 is 14.6 Å². The zero-order chi connectivity index (χ0) is 25.1. The predicted molar refractivity (Wildman–Crippen MR) is 154 cm³/mol. The van der Waals surface area contributed by atoms with Gasteiger partial charge in [0.1, 0.15) is 11.2 Å². The molecule has 3 aromatic carbocycles. The standard InChI is InChI=1S/C34H30N2O/c1-34(2,3)22-17-18-35-29(20-22)24-11-5-4-10-23(24)28-21-36-19-9-8-13-30(36)32-26(28)15-16-27-25-12-6-7-14-31(25)37-33(27)32/h4-17,19-21,30,35H,18H2,1-3H3. The summed E-state index contributed by atoms with van der Waals surface area (Å²) < 4.78 is 6.54. The number of nitrogens with one attached hydrogen (secondary N) is 1. The molecule has 0 bridgehead atoms. The van der Waals surface area contributed by atoms with Crippen LogP contribution in [0.3, 0.4) is 0 Å². The number of hydrogen-bond acceptors (Lipinski definition) is 3. The molecule has 3 aliphatic rings. The van der Waals surface area contributed by atoms with E-state index in [9.17, 15) is 0 Å². The Morgan fingerprint density at radius 3 is 2.54 bits per heavy atom. The third kappa shape index (κ3) is 3.49. The van der Waals surface area contributed by atoms with E-state index in [0.717, 1.165) is 23.1 Å². The van der Waals surface area contributed by atoms with Crippen molar-refractivity contribution < 1.29 is 4.42 Å². The number of benzene rings is 3. The highest BCUT2D eigenvalue weighted by Crippen LogP contribution is 2.46. The number of furan rings is 1. The van der Waals surface area contributed by atoms with Gasteiger partial charge in [0, 0.05) is 52.1 Å². The Labute approximate surface area is 217 Å². The van der Waals surface area contributed by atoms with E-state index in [1.807, 2.05) is 6.07 Å². The fraction of sp³-hybridized carbons (Fsp3) is 0.176. The van der Waals surface area contributed by atoms with E-state index in [-0.39, 0.29) is 11.5 Å². The minimum atomic E-state index is 0.0997. The van der Waals surface area contributed by atoms with Crippen LogP contribution in [0.4, 0.5) is 0 Å². The van der Waals surface area contributed by atoms with E-state index in [4.69, 9.17) is 4.42 Å². The molecular weight excluding hydrogens is 452 g/mol. The average Bonchev–Trinajstić information content (AvgIpc) is 3.31. The van der Waals surface area contributed by atoms with Gasteiger partial charge in [-0.25, -0.2) is 0 Å². The zero-order valence-corrected chi connectivity index (χ0v) is 21.5. The Morgan fingerprint density at radius 1 is 0.865 bits per heavy atom. The third-order valence-corrected chi connectivity index (χ3v) is 7.72. The maximum absolute atomic E-state index is 6.54. The number of hydrogen-bond donors (Lipinski definition) is 1. The van der Waals surface area contributed by atoms with Crippen LogP contribution in [-0.2, 0) is 0 Å². The Hall–Kier alpha value is -4.24. The lowest BCUT2D eigenvalue weighted by Gasteiger charge is -2.35. The number of nitrogens with zero attached hydrogens (tertiary/aromatic N) is 1. The summed E-state index contributed by atoms with van der Waals surface area (Å²) in [4.78, 5) is 2.31. The summed E-state index contributed by atoms with van der Waals surface area (Å²) in [5.74, 6) is 0. The fourth-order valence-corrected chi connectivity index (χ4v) is 5.84. The number of rotatable bonds is 2. The second-order valence-corrected chi connectivity index (χ2v) is 11.1. The van der Waals surface area contributed by atoms with Crippen LogP contribution >= 0.6 is 0 Å². The van der Waals surface area contributed by atoms with Gasteiger partial charge in [-0.15, -0.1) is 0 Å². The Bertz CT molecular complexity index is 1720. The van der Waals surface area contributed by atoms with E-state index >= 15 is 0 Å². The van der Waals surface area contributed by atoms with Crippen LogP contribution in [0.2, 0.25) is 0 Å². The smallest absolute Gasteiger partial charge is 0.141 e. The minimum Gasteiger partial charge on any atom is -0.456 e. The molecule has 1 atom stereocenters. The minimum absolute atomic E-state index is 0.0997. The van der Waals surface area contributed by atoms with E-state index in [0.29, 0.717) is 0 Å². The first-order chi connectivity index (χ1) is 18.0. The number of para-hydroxylation sites is 1. The van der Waals surface area contributed by atoms with Crippen LogP contribution in [-0.4, -0.2) is 11.4 Å². The molecule has 0 fully saturated rings. The van der Waals surface area contributed by atoms with Gasteiger partial charge in [0.25, 0.3) is 0 Å². The maximum Gasteiger partial charge on any atom is 0.141 e. The van der Waals surface area contributed by atoms with Crippen molar-refractivity contribution >= 4 is 33.2 Å². The molecule has 7 rings (SSSR count). The van der Waals surface area contributed by atoms with Crippen molar-refractivity contribution in [3.63, 3.8) is 0 Å². The van der Waals surface area contributed by atoms with Gasteiger partial charge >= 0.3 is 0 Å². The largest absolute Gasteiger partial charge is 0.456 e. The molecular formula is C34H30N2O. The number of fused-ring (bicyclic) bond motifs is 7. The molecule has 0 saturated heterocycles. The van der Waals surface area contributed by atoms with Crippen LogP contribution < -0.4 is 5.32 Å². The van der Waals surface area contributed by atoms with E-state index in [1.165, 1.54) is 44.5 Å². The lowest BCUT2D eigenvalue weighted by Crippen LogP contribution is -2.25. The highest BCUT2D eigenvalue weighted by atomic mass is 16.3. The molecule has 0 saturated carbocycles. The molecule has 1 aromatic heterocycles. The first-order valence-corrected chi connectivity index (χ1v) is 13.0. The summed E-state index contributed by atoms with van der Waals surface area (Å²) in [6.45, 7) is 7.67. The average molecular weight is 483 g/mol. The lowest BCUT2D eigenvalue weighted by atomic mass is 9.82. The van der Waals surface area contributed by atoms with Gasteiger partial charge in [-0.1, -0.05) is 87.5 Å². The lowest BCUT2D eigenvalue weighted by molar-refractivity contribution is 0.426. The first-order valence-electron chi connectivity index (χ1n) is 13.0. The van der Waals surface area contributed by atoms with Crippen LogP contribution in [0.25, 0.3) is 33.2 Å². The normalized spacial score (nSPS) is 18.7. The zero-order valence-electron chi connectivity index (χ0n) is 21.5. The molecule has 4 aromatic rings. The van der Waals surface area contributed by atoms with Gasteiger partial charge in [-0.2, -0.15) is 0 Å². The monoisotopic (exact) mass is 482 g/mol. The second-order valence-electron chi connectivity index (χ2n) is 11.1. The molecule has 0 radical (unpaired) electrons. The Morgan fingerprint density at radius 2 is 1.68 bits per heavy atom. The van der Waals surface area contributed by atoms with Crippen molar-refractivity contribution in [2.45, 2.75) is 26.8 Å². The molecule has 4 heterocycles. The molecule has 1 N–H and O–H groups in total. The Balaban J connectivity index is 1.46. The molecule has 0 amide bonds. The van der Waals surface area contributed by atoms with Gasteiger partial charge in [0.15, 0.2) is 0 Å². The number of allylic oxidation sites excluding steroid dienone is 4. The highest BCUT2D eigenvalue weighted by Gasteiger charge is 2.31. The SMILES string of the molecule is CC(C)(C)C1=CCNC(c2ccccc2C2=CN3C=CC=CC3c3c2ccc2c3oc3ccccc32)=C1. The van der Waals surface area contributed by atoms with Crippen LogP contribution in [0.5, 0.6) is 0 Å². The van der Waals surface area contributed by atoms with Crippen LogP contribution in [0, 0.1) is 5.41 Å². The van der Waals surface area contributed by atoms with Gasteiger partial charge in [-0.05, 0) is 46.4 Å². The third-order valence-electron chi connectivity index (χ3n) is 7.72. The first kappa shape index (κ1) is 22.0. The number of dihydropyridines is 1. The molecule has 0 spiro atoms.